The molecule has 0 atom stereocenters. The number of rotatable bonds is 5. The first kappa shape index (κ1) is 12.2. The maximum Gasteiger partial charge on any atom is 0.161 e. The Bertz CT molecular complexity index is 441. The molecule has 1 aliphatic carbocycles. The van der Waals surface area contributed by atoms with E-state index in [9.17, 15) is 0 Å². The average molecular weight is 265 g/mol. The van der Waals surface area contributed by atoms with Crippen molar-refractivity contribution in [2.24, 2.45) is 5.73 Å². The molecule has 4 heteroatoms. The third-order valence-electron chi connectivity index (χ3n) is 3.58. The highest BCUT2D eigenvalue weighted by atomic mass is 32.2. The molecule has 0 aromatic heterocycles. The maximum atomic E-state index is 6.14. The van der Waals surface area contributed by atoms with Gasteiger partial charge < -0.3 is 15.2 Å². The Labute approximate surface area is 112 Å². The summed E-state index contributed by atoms with van der Waals surface area (Å²) in [6.45, 7) is 0. The van der Waals surface area contributed by atoms with Gasteiger partial charge in [-0.3, -0.25) is 0 Å². The fraction of sp³-hybridized carbons (Fsp3) is 0.571. The minimum Gasteiger partial charge on any atom is -0.493 e. The molecule has 0 amide bonds. The predicted molar refractivity (Wildman–Crippen MR) is 74.6 cm³/mol. The van der Waals surface area contributed by atoms with Crippen LogP contribution in [0, 0.1) is 0 Å². The first-order valence-electron chi connectivity index (χ1n) is 6.39. The highest BCUT2D eigenvalue weighted by Gasteiger charge is 2.38. The molecule has 1 aliphatic heterocycles. The molecular weight excluding hydrogens is 246 g/mol. The third kappa shape index (κ3) is 2.59. The number of hydrogen-bond donors (Lipinski definition) is 1. The van der Waals surface area contributed by atoms with E-state index in [1.165, 1.54) is 5.56 Å². The molecule has 3 nitrogen and oxygen atoms in total. The van der Waals surface area contributed by atoms with Gasteiger partial charge in [-0.25, -0.2) is 0 Å². The van der Waals surface area contributed by atoms with Crippen molar-refractivity contribution in [2.75, 3.05) is 18.6 Å². The Hall–Kier alpha value is -0.870. The van der Waals surface area contributed by atoms with Crippen LogP contribution in [0.3, 0.4) is 0 Å². The maximum absolute atomic E-state index is 6.14. The number of benzene rings is 1. The Morgan fingerprint density at radius 1 is 1.33 bits per heavy atom. The SMILES string of the molecule is COc1cc(CC2(N)CC2)ccc1OC1CSC1. The van der Waals surface area contributed by atoms with Crippen molar-refractivity contribution < 1.29 is 9.47 Å². The largest absolute Gasteiger partial charge is 0.493 e. The van der Waals surface area contributed by atoms with Crippen molar-refractivity contribution in [3.63, 3.8) is 0 Å². The van der Waals surface area contributed by atoms with E-state index >= 15 is 0 Å². The van der Waals surface area contributed by atoms with E-state index in [1.807, 2.05) is 17.8 Å². The molecule has 98 valence electrons. The lowest BCUT2D eigenvalue weighted by Crippen LogP contribution is -2.31. The molecule has 18 heavy (non-hydrogen) atoms. The number of methoxy groups -OCH3 is 1. The zero-order chi connectivity index (χ0) is 12.6. The van der Waals surface area contributed by atoms with Crippen molar-refractivity contribution in [3.8, 4) is 11.5 Å². The van der Waals surface area contributed by atoms with Gasteiger partial charge in [-0.2, -0.15) is 11.8 Å². The van der Waals surface area contributed by atoms with Gasteiger partial charge in [-0.05, 0) is 37.0 Å². The fourth-order valence-corrected chi connectivity index (χ4v) is 2.69. The van der Waals surface area contributed by atoms with Gasteiger partial charge >= 0.3 is 0 Å². The molecule has 2 fully saturated rings. The lowest BCUT2D eigenvalue weighted by atomic mass is 10.0. The molecule has 0 bridgehead atoms. The summed E-state index contributed by atoms with van der Waals surface area (Å²) in [6, 6.07) is 6.19. The Morgan fingerprint density at radius 2 is 2.11 bits per heavy atom. The number of nitrogens with two attached hydrogens (primary N) is 1. The second-order valence-electron chi connectivity index (χ2n) is 5.30. The Balaban J connectivity index is 1.73. The molecule has 0 unspecified atom stereocenters. The van der Waals surface area contributed by atoms with E-state index in [-0.39, 0.29) is 5.54 Å². The van der Waals surface area contributed by atoms with Gasteiger partial charge in [-0.1, -0.05) is 6.07 Å². The van der Waals surface area contributed by atoms with Gasteiger partial charge in [0.2, 0.25) is 0 Å². The second kappa shape index (κ2) is 4.67. The molecule has 0 radical (unpaired) electrons. The topological polar surface area (TPSA) is 44.5 Å². The lowest BCUT2D eigenvalue weighted by molar-refractivity contribution is 0.228. The Morgan fingerprint density at radius 3 is 2.67 bits per heavy atom. The number of ether oxygens (including phenoxy) is 2. The van der Waals surface area contributed by atoms with Crippen LogP contribution in [-0.4, -0.2) is 30.3 Å². The van der Waals surface area contributed by atoms with Crippen molar-refractivity contribution in [2.45, 2.75) is 30.9 Å². The van der Waals surface area contributed by atoms with E-state index in [2.05, 4.69) is 12.1 Å². The molecule has 1 aromatic carbocycles. The van der Waals surface area contributed by atoms with Gasteiger partial charge in [0, 0.05) is 17.0 Å². The van der Waals surface area contributed by atoms with Crippen LogP contribution >= 0.6 is 11.8 Å². The highest BCUT2D eigenvalue weighted by molar-refractivity contribution is 8.00. The third-order valence-corrected chi connectivity index (χ3v) is 4.79. The lowest BCUT2D eigenvalue weighted by Gasteiger charge is -2.26. The van der Waals surface area contributed by atoms with E-state index in [4.69, 9.17) is 15.2 Å². The summed E-state index contributed by atoms with van der Waals surface area (Å²) in [4.78, 5) is 0. The van der Waals surface area contributed by atoms with E-state index in [0.29, 0.717) is 6.10 Å². The quantitative estimate of drug-likeness (QED) is 0.886. The summed E-state index contributed by atoms with van der Waals surface area (Å²) in [5.41, 5.74) is 7.42. The van der Waals surface area contributed by atoms with Crippen LogP contribution in [0.1, 0.15) is 18.4 Å². The zero-order valence-electron chi connectivity index (χ0n) is 10.6. The van der Waals surface area contributed by atoms with Crippen LogP contribution < -0.4 is 15.2 Å². The van der Waals surface area contributed by atoms with E-state index in [1.54, 1.807) is 7.11 Å². The van der Waals surface area contributed by atoms with Crippen molar-refractivity contribution in [3.05, 3.63) is 23.8 Å². The van der Waals surface area contributed by atoms with Crippen LogP contribution in [0.15, 0.2) is 18.2 Å². The average Bonchev–Trinajstić information content (AvgIpc) is 3.02. The van der Waals surface area contributed by atoms with Crippen LogP contribution in [0.2, 0.25) is 0 Å². The number of thioether (sulfide) groups is 1. The second-order valence-corrected chi connectivity index (χ2v) is 6.38. The minimum absolute atomic E-state index is 0.0397. The first-order valence-corrected chi connectivity index (χ1v) is 7.54. The smallest absolute Gasteiger partial charge is 0.161 e. The highest BCUT2D eigenvalue weighted by Crippen LogP contribution is 2.38. The molecular formula is C14H19NO2S. The van der Waals surface area contributed by atoms with Crippen molar-refractivity contribution in [1.29, 1.82) is 0 Å². The fourth-order valence-electron chi connectivity index (χ4n) is 2.12. The van der Waals surface area contributed by atoms with Crippen LogP contribution in [0.25, 0.3) is 0 Å². The van der Waals surface area contributed by atoms with Crippen molar-refractivity contribution >= 4 is 11.8 Å². The molecule has 1 saturated carbocycles. The molecule has 2 N–H and O–H groups in total. The number of hydrogen-bond acceptors (Lipinski definition) is 4. The minimum atomic E-state index is 0.0397. The van der Waals surface area contributed by atoms with E-state index in [0.717, 1.165) is 42.3 Å². The molecule has 2 aliphatic rings. The summed E-state index contributed by atoms with van der Waals surface area (Å²) >= 11 is 1.91. The summed E-state index contributed by atoms with van der Waals surface area (Å²) in [7, 11) is 1.69. The zero-order valence-corrected chi connectivity index (χ0v) is 11.5. The van der Waals surface area contributed by atoms with Gasteiger partial charge in [0.25, 0.3) is 0 Å². The molecule has 1 saturated heterocycles. The van der Waals surface area contributed by atoms with Gasteiger partial charge in [0.05, 0.1) is 7.11 Å². The summed E-state index contributed by atoms with van der Waals surface area (Å²) < 4.78 is 11.3. The monoisotopic (exact) mass is 265 g/mol. The van der Waals surface area contributed by atoms with E-state index < -0.39 is 0 Å². The van der Waals surface area contributed by atoms with Gasteiger partial charge in [-0.15, -0.1) is 0 Å². The standard InChI is InChI=1S/C14H19NO2S/c1-16-13-6-10(7-14(15)4-5-14)2-3-12(13)17-11-8-18-9-11/h2-3,6,11H,4-5,7-9,15H2,1H3. The van der Waals surface area contributed by atoms with Crippen molar-refractivity contribution in [1.82, 2.24) is 0 Å². The van der Waals surface area contributed by atoms with Crippen LogP contribution in [0.4, 0.5) is 0 Å². The van der Waals surface area contributed by atoms with Gasteiger partial charge in [0.1, 0.15) is 6.10 Å². The van der Waals surface area contributed by atoms with Crippen LogP contribution in [-0.2, 0) is 6.42 Å². The molecule has 1 aromatic rings. The Kier molecular flexibility index (Phi) is 3.16. The molecule has 1 heterocycles. The summed E-state index contributed by atoms with van der Waals surface area (Å²) in [5.74, 6) is 3.84. The van der Waals surface area contributed by atoms with Crippen LogP contribution in [0.5, 0.6) is 11.5 Å². The van der Waals surface area contributed by atoms with Gasteiger partial charge in [0.15, 0.2) is 11.5 Å². The first-order chi connectivity index (χ1) is 8.68. The normalized spacial score (nSPS) is 21.2. The summed E-state index contributed by atoms with van der Waals surface area (Å²) in [6.07, 6.45) is 3.54. The molecule has 3 rings (SSSR count). The summed E-state index contributed by atoms with van der Waals surface area (Å²) in [5, 5.41) is 0. The molecule has 0 spiro atoms. The predicted octanol–water partition coefficient (Wildman–Crippen LogP) is 2.22.